The minimum absolute atomic E-state index is 0.0369. The summed E-state index contributed by atoms with van der Waals surface area (Å²) in [6, 6.07) is 10.2. The highest BCUT2D eigenvalue weighted by atomic mass is 35.5. The normalized spacial score (nSPS) is 10.8. The molecule has 1 N–H and O–H groups in total. The number of anilines is 1. The molecule has 0 atom stereocenters. The van der Waals surface area contributed by atoms with Gasteiger partial charge in [0.05, 0.1) is 5.75 Å². The molecule has 1 amide bonds. The van der Waals surface area contributed by atoms with E-state index in [4.69, 9.17) is 16.3 Å². The van der Waals surface area contributed by atoms with Gasteiger partial charge in [-0.2, -0.15) is 0 Å². The maximum atomic E-state index is 13.2. The van der Waals surface area contributed by atoms with Crippen LogP contribution in [0.3, 0.4) is 0 Å². The van der Waals surface area contributed by atoms with Gasteiger partial charge in [-0.15, -0.1) is 10.2 Å². The van der Waals surface area contributed by atoms with Crippen molar-refractivity contribution in [3.05, 3.63) is 64.9 Å². The number of amides is 1. The first kappa shape index (κ1) is 21.1. The van der Waals surface area contributed by atoms with Gasteiger partial charge in [0.25, 0.3) is 0 Å². The maximum absolute atomic E-state index is 13.2. The number of aromatic nitrogens is 3. The summed E-state index contributed by atoms with van der Waals surface area (Å²) in [4.78, 5) is 12.1. The molecule has 3 rings (SSSR count). The minimum Gasteiger partial charge on any atom is -0.486 e. The molecule has 0 radical (unpaired) electrons. The van der Waals surface area contributed by atoms with Crippen LogP contribution in [0.4, 0.5) is 14.5 Å². The van der Waals surface area contributed by atoms with Crippen LogP contribution in [-0.2, 0) is 17.9 Å². The third-order valence-electron chi connectivity index (χ3n) is 3.83. The molecule has 29 heavy (non-hydrogen) atoms. The van der Waals surface area contributed by atoms with Gasteiger partial charge in [-0.1, -0.05) is 23.4 Å². The molecule has 2 aromatic carbocycles. The molecule has 10 heteroatoms. The van der Waals surface area contributed by atoms with E-state index in [-0.39, 0.29) is 24.0 Å². The van der Waals surface area contributed by atoms with Crippen molar-refractivity contribution in [1.29, 1.82) is 0 Å². The second-order valence-electron chi connectivity index (χ2n) is 5.85. The molecular formula is C19H17ClF2N4O2S. The number of halogens is 3. The van der Waals surface area contributed by atoms with E-state index in [9.17, 15) is 13.6 Å². The summed E-state index contributed by atoms with van der Waals surface area (Å²) >= 11 is 7.04. The Morgan fingerprint density at radius 3 is 2.62 bits per heavy atom. The van der Waals surface area contributed by atoms with Crippen molar-refractivity contribution in [2.45, 2.75) is 25.2 Å². The van der Waals surface area contributed by atoms with Crippen molar-refractivity contribution < 1.29 is 18.3 Å². The molecule has 0 spiro atoms. The van der Waals surface area contributed by atoms with Crippen molar-refractivity contribution in [2.24, 2.45) is 0 Å². The minimum atomic E-state index is -1.02. The Labute approximate surface area is 175 Å². The summed E-state index contributed by atoms with van der Waals surface area (Å²) in [5, 5.41) is 11.9. The number of benzene rings is 2. The molecule has 0 fully saturated rings. The van der Waals surface area contributed by atoms with Gasteiger partial charge in [-0.05, 0) is 43.3 Å². The number of ether oxygens (including phenoxy) is 1. The van der Waals surface area contributed by atoms with Gasteiger partial charge < -0.3 is 14.6 Å². The zero-order valence-corrected chi connectivity index (χ0v) is 16.9. The van der Waals surface area contributed by atoms with Gasteiger partial charge in [0.2, 0.25) is 5.91 Å². The van der Waals surface area contributed by atoms with Crippen LogP contribution in [0, 0.1) is 11.6 Å². The summed E-state index contributed by atoms with van der Waals surface area (Å²) in [7, 11) is 0. The Hall–Kier alpha value is -2.65. The van der Waals surface area contributed by atoms with Crippen LogP contribution < -0.4 is 10.1 Å². The molecule has 0 saturated carbocycles. The Kier molecular flexibility index (Phi) is 7.05. The molecule has 3 aromatic rings. The quantitative estimate of drug-likeness (QED) is 0.523. The van der Waals surface area contributed by atoms with Crippen LogP contribution in [0.2, 0.25) is 5.02 Å². The van der Waals surface area contributed by atoms with Crippen molar-refractivity contribution in [2.75, 3.05) is 11.1 Å². The molecule has 0 unspecified atom stereocenters. The average molecular weight is 439 g/mol. The van der Waals surface area contributed by atoms with E-state index >= 15 is 0 Å². The number of carbonyl (C=O) groups is 1. The average Bonchev–Trinajstić information content (AvgIpc) is 3.10. The summed E-state index contributed by atoms with van der Waals surface area (Å²) < 4.78 is 33.7. The number of hydrogen-bond donors (Lipinski definition) is 1. The molecule has 0 aliphatic rings. The lowest BCUT2D eigenvalue weighted by atomic mass is 10.3. The van der Waals surface area contributed by atoms with Gasteiger partial charge in [0, 0.05) is 23.3 Å². The number of nitrogens with zero attached hydrogens (tertiary/aromatic N) is 3. The molecule has 152 valence electrons. The molecule has 0 aliphatic carbocycles. The Bertz CT molecular complexity index is 998. The summed E-state index contributed by atoms with van der Waals surface area (Å²) in [6.07, 6.45) is 0. The van der Waals surface area contributed by atoms with E-state index in [2.05, 4.69) is 15.5 Å². The Morgan fingerprint density at radius 2 is 1.93 bits per heavy atom. The number of thioether (sulfide) groups is 1. The molecule has 6 nitrogen and oxygen atoms in total. The van der Waals surface area contributed by atoms with E-state index in [0.29, 0.717) is 28.3 Å². The molecule has 0 bridgehead atoms. The van der Waals surface area contributed by atoms with Crippen LogP contribution in [0.25, 0.3) is 0 Å². The largest absolute Gasteiger partial charge is 0.486 e. The fourth-order valence-corrected chi connectivity index (χ4v) is 3.38. The first-order valence-electron chi connectivity index (χ1n) is 8.64. The Morgan fingerprint density at radius 1 is 1.17 bits per heavy atom. The summed E-state index contributed by atoms with van der Waals surface area (Å²) in [5.41, 5.74) is 0.184. The highest BCUT2D eigenvalue weighted by molar-refractivity contribution is 7.99. The number of carbonyl (C=O) groups excluding carboxylic acids is 1. The van der Waals surface area contributed by atoms with E-state index < -0.39 is 11.6 Å². The fourth-order valence-electron chi connectivity index (χ4n) is 2.43. The van der Waals surface area contributed by atoms with Crippen molar-refractivity contribution in [1.82, 2.24) is 14.8 Å². The fraction of sp³-hybridized carbons (Fsp3) is 0.211. The first-order valence-corrected chi connectivity index (χ1v) is 10.0. The lowest BCUT2D eigenvalue weighted by Crippen LogP contribution is -2.15. The van der Waals surface area contributed by atoms with E-state index in [1.54, 1.807) is 24.3 Å². The molecule has 1 aromatic heterocycles. The third-order valence-corrected chi connectivity index (χ3v) is 5.05. The highest BCUT2D eigenvalue weighted by Crippen LogP contribution is 2.20. The zero-order chi connectivity index (χ0) is 20.8. The summed E-state index contributed by atoms with van der Waals surface area (Å²) in [5.74, 6) is -1.06. The standard InChI is InChI=1S/C19H17ClF2N4O2S/c1-2-26-17(10-28-14-6-3-12(20)4-7-14)24-25-19(26)29-11-18(27)23-13-5-8-15(21)16(22)9-13/h3-9H,2,10-11H2,1H3,(H,23,27). The topological polar surface area (TPSA) is 69.0 Å². The molecular weight excluding hydrogens is 422 g/mol. The highest BCUT2D eigenvalue weighted by Gasteiger charge is 2.14. The lowest BCUT2D eigenvalue weighted by Gasteiger charge is -2.09. The van der Waals surface area contributed by atoms with Crippen LogP contribution in [0.15, 0.2) is 47.6 Å². The number of hydrogen-bond acceptors (Lipinski definition) is 5. The van der Waals surface area contributed by atoms with E-state index in [1.807, 2.05) is 11.5 Å². The van der Waals surface area contributed by atoms with Gasteiger partial charge in [-0.3, -0.25) is 4.79 Å². The van der Waals surface area contributed by atoms with Crippen LogP contribution in [-0.4, -0.2) is 26.4 Å². The predicted molar refractivity (Wildman–Crippen MR) is 107 cm³/mol. The second-order valence-corrected chi connectivity index (χ2v) is 7.23. The first-order chi connectivity index (χ1) is 14.0. The van der Waals surface area contributed by atoms with Crippen molar-refractivity contribution in [3.63, 3.8) is 0 Å². The SMILES string of the molecule is CCn1c(COc2ccc(Cl)cc2)nnc1SCC(=O)Nc1ccc(F)c(F)c1. The Balaban J connectivity index is 1.57. The number of nitrogens with one attached hydrogen (secondary N) is 1. The smallest absolute Gasteiger partial charge is 0.234 e. The third kappa shape index (κ3) is 5.68. The van der Waals surface area contributed by atoms with Gasteiger partial charge in [-0.25, -0.2) is 8.78 Å². The van der Waals surface area contributed by atoms with Gasteiger partial charge >= 0.3 is 0 Å². The lowest BCUT2D eigenvalue weighted by molar-refractivity contribution is -0.113. The van der Waals surface area contributed by atoms with Crippen LogP contribution >= 0.6 is 23.4 Å². The number of rotatable bonds is 8. The predicted octanol–water partition coefficient (Wildman–Crippen LogP) is 4.54. The maximum Gasteiger partial charge on any atom is 0.234 e. The monoisotopic (exact) mass is 438 g/mol. The van der Waals surface area contributed by atoms with E-state index in [0.717, 1.165) is 12.1 Å². The van der Waals surface area contributed by atoms with Gasteiger partial charge in [0.1, 0.15) is 12.4 Å². The molecule has 0 aliphatic heterocycles. The zero-order valence-electron chi connectivity index (χ0n) is 15.4. The molecule has 0 saturated heterocycles. The second kappa shape index (κ2) is 9.71. The molecule has 1 heterocycles. The van der Waals surface area contributed by atoms with Crippen molar-refractivity contribution in [3.8, 4) is 5.75 Å². The summed E-state index contributed by atoms with van der Waals surface area (Å²) in [6.45, 7) is 2.74. The van der Waals surface area contributed by atoms with Crippen LogP contribution in [0.5, 0.6) is 5.75 Å². The van der Waals surface area contributed by atoms with Crippen molar-refractivity contribution >= 4 is 35.0 Å². The van der Waals surface area contributed by atoms with Crippen LogP contribution in [0.1, 0.15) is 12.7 Å². The van der Waals surface area contributed by atoms with Gasteiger partial charge in [0.15, 0.2) is 22.6 Å². The van der Waals surface area contributed by atoms with E-state index in [1.165, 1.54) is 17.8 Å².